The molecule has 1 aliphatic carbocycles. The van der Waals surface area contributed by atoms with Gasteiger partial charge >= 0.3 is 5.97 Å². The van der Waals surface area contributed by atoms with Gasteiger partial charge in [0, 0.05) is 12.5 Å². The third kappa shape index (κ3) is 4.20. The molecule has 2 aliphatic rings. The van der Waals surface area contributed by atoms with E-state index in [1.807, 2.05) is 0 Å². The highest BCUT2D eigenvalue weighted by Crippen LogP contribution is 2.31. The zero-order chi connectivity index (χ0) is 14.5. The number of amides is 1. The summed E-state index contributed by atoms with van der Waals surface area (Å²) in [6, 6.07) is 0. The Balaban J connectivity index is 1.62. The second-order valence-electron chi connectivity index (χ2n) is 6.37. The zero-order valence-electron chi connectivity index (χ0n) is 12.3. The number of carbonyl (C=O) groups excluding carboxylic acids is 1. The molecule has 1 aliphatic heterocycles. The molecule has 114 valence electrons. The molecule has 2 fully saturated rings. The van der Waals surface area contributed by atoms with Crippen LogP contribution in [0.4, 0.5) is 0 Å². The van der Waals surface area contributed by atoms with Crippen molar-refractivity contribution in [2.45, 2.75) is 38.5 Å². The summed E-state index contributed by atoms with van der Waals surface area (Å²) < 4.78 is 0. The smallest absolute Gasteiger partial charge is 0.306 e. The molecule has 2 N–H and O–H groups in total. The molecule has 0 aromatic rings. The van der Waals surface area contributed by atoms with Gasteiger partial charge in [0.2, 0.25) is 5.91 Å². The van der Waals surface area contributed by atoms with Crippen molar-refractivity contribution in [3.8, 4) is 0 Å². The molecule has 5 nitrogen and oxygen atoms in total. The first-order chi connectivity index (χ1) is 9.56. The van der Waals surface area contributed by atoms with Crippen LogP contribution in [-0.2, 0) is 9.59 Å². The van der Waals surface area contributed by atoms with Crippen molar-refractivity contribution in [2.24, 2.45) is 17.8 Å². The Kier molecular flexibility index (Phi) is 5.40. The van der Waals surface area contributed by atoms with Crippen LogP contribution in [0.5, 0.6) is 0 Å². The van der Waals surface area contributed by atoms with Gasteiger partial charge in [-0.05, 0) is 64.6 Å². The number of nitrogens with zero attached hydrogens (tertiary/aromatic N) is 1. The summed E-state index contributed by atoms with van der Waals surface area (Å²) in [5.41, 5.74) is 0. The van der Waals surface area contributed by atoms with Crippen molar-refractivity contribution in [3.05, 3.63) is 0 Å². The number of carboxylic acids is 1. The van der Waals surface area contributed by atoms with E-state index in [4.69, 9.17) is 5.11 Å². The molecule has 2 atom stereocenters. The maximum absolute atomic E-state index is 12.0. The molecule has 1 heterocycles. The number of hydrogen-bond acceptors (Lipinski definition) is 3. The Bertz CT molecular complexity index is 351. The average molecular weight is 282 g/mol. The van der Waals surface area contributed by atoms with E-state index >= 15 is 0 Å². The van der Waals surface area contributed by atoms with Crippen LogP contribution in [0.2, 0.25) is 0 Å². The van der Waals surface area contributed by atoms with E-state index in [2.05, 4.69) is 17.3 Å². The molecule has 1 saturated carbocycles. The molecule has 0 aromatic heterocycles. The Hall–Kier alpha value is -1.10. The first kappa shape index (κ1) is 15.3. The second kappa shape index (κ2) is 7.07. The normalized spacial score (nSPS) is 28.4. The summed E-state index contributed by atoms with van der Waals surface area (Å²) >= 11 is 0. The van der Waals surface area contributed by atoms with Gasteiger partial charge in [-0.3, -0.25) is 9.59 Å². The molecule has 2 rings (SSSR count). The van der Waals surface area contributed by atoms with Gasteiger partial charge in [0.1, 0.15) is 0 Å². The maximum Gasteiger partial charge on any atom is 0.306 e. The number of aliphatic carboxylic acids is 1. The van der Waals surface area contributed by atoms with E-state index < -0.39 is 5.97 Å². The van der Waals surface area contributed by atoms with Crippen molar-refractivity contribution in [2.75, 3.05) is 26.7 Å². The molecule has 1 amide bonds. The van der Waals surface area contributed by atoms with Gasteiger partial charge in [-0.25, -0.2) is 0 Å². The number of carboxylic acid groups (broad SMARTS) is 1. The third-order valence-electron chi connectivity index (χ3n) is 4.84. The minimum absolute atomic E-state index is 0.0571. The van der Waals surface area contributed by atoms with Crippen molar-refractivity contribution >= 4 is 11.9 Å². The zero-order valence-corrected chi connectivity index (χ0v) is 12.3. The van der Waals surface area contributed by atoms with Crippen molar-refractivity contribution in [3.63, 3.8) is 0 Å². The van der Waals surface area contributed by atoms with Crippen molar-refractivity contribution in [1.29, 1.82) is 0 Å². The van der Waals surface area contributed by atoms with E-state index in [1.165, 1.54) is 12.8 Å². The molecule has 5 heteroatoms. The predicted molar refractivity (Wildman–Crippen MR) is 76.3 cm³/mol. The monoisotopic (exact) mass is 282 g/mol. The Labute approximate surface area is 120 Å². The minimum atomic E-state index is -0.758. The lowest BCUT2D eigenvalue weighted by Crippen LogP contribution is -2.34. The lowest BCUT2D eigenvalue weighted by atomic mass is 9.94. The van der Waals surface area contributed by atoms with Gasteiger partial charge in [-0.2, -0.15) is 0 Å². The topological polar surface area (TPSA) is 69.6 Å². The number of carbonyl (C=O) groups is 2. The van der Waals surface area contributed by atoms with Crippen LogP contribution in [0, 0.1) is 17.8 Å². The first-order valence-corrected chi connectivity index (χ1v) is 7.75. The minimum Gasteiger partial charge on any atom is -0.481 e. The lowest BCUT2D eigenvalue weighted by molar-refractivity contribution is -0.141. The van der Waals surface area contributed by atoms with E-state index in [-0.39, 0.29) is 17.7 Å². The molecule has 0 radical (unpaired) electrons. The summed E-state index contributed by atoms with van der Waals surface area (Å²) in [5.74, 6) is -0.386. The van der Waals surface area contributed by atoms with E-state index in [0.717, 1.165) is 38.4 Å². The average Bonchev–Trinajstić information content (AvgIpc) is 2.91. The van der Waals surface area contributed by atoms with Crippen LogP contribution in [0.25, 0.3) is 0 Å². The summed E-state index contributed by atoms with van der Waals surface area (Å²) in [5, 5.41) is 11.9. The van der Waals surface area contributed by atoms with Crippen LogP contribution in [-0.4, -0.2) is 48.6 Å². The highest BCUT2D eigenvalue weighted by atomic mass is 16.4. The van der Waals surface area contributed by atoms with Gasteiger partial charge in [0.05, 0.1) is 5.92 Å². The number of nitrogens with one attached hydrogen (secondary N) is 1. The molecule has 0 spiro atoms. The molecule has 0 aromatic carbocycles. The Morgan fingerprint density at radius 1 is 1.15 bits per heavy atom. The predicted octanol–water partition coefficient (Wildman–Crippen LogP) is 1.34. The van der Waals surface area contributed by atoms with Crippen LogP contribution < -0.4 is 5.32 Å². The fraction of sp³-hybridized carbons (Fsp3) is 0.867. The largest absolute Gasteiger partial charge is 0.481 e. The van der Waals surface area contributed by atoms with Gasteiger partial charge in [-0.15, -0.1) is 0 Å². The molecular weight excluding hydrogens is 256 g/mol. The van der Waals surface area contributed by atoms with Crippen LogP contribution in [0.15, 0.2) is 0 Å². The molecule has 0 bridgehead atoms. The van der Waals surface area contributed by atoms with Crippen LogP contribution >= 0.6 is 0 Å². The van der Waals surface area contributed by atoms with Gasteiger partial charge in [-0.1, -0.05) is 0 Å². The SMILES string of the molecule is CN1CCC(CCNC(=O)C2CCC(C(=O)O)C2)CC1. The summed E-state index contributed by atoms with van der Waals surface area (Å²) in [6.45, 7) is 3.05. The highest BCUT2D eigenvalue weighted by Gasteiger charge is 2.33. The number of rotatable bonds is 5. The van der Waals surface area contributed by atoms with Crippen molar-refractivity contribution < 1.29 is 14.7 Å². The quantitative estimate of drug-likeness (QED) is 0.798. The fourth-order valence-electron chi connectivity index (χ4n) is 3.34. The van der Waals surface area contributed by atoms with E-state index in [1.54, 1.807) is 0 Å². The first-order valence-electron chi connectivity index (χ1n) is 7.75. The number of piperidine rings is 1. The second-order valence-corrected chi connectivity index (χ2v) is 6.37. The van der Waals surface area contributed by atoms with Gasteiger partial charge < -0.3 is 15.3 Å². The lowest BCUT2D eigenvalue weighted by Gasteiger charge is -2.29. The molecule has 1 saturated heterocycles. The number of likely N-dealkylation sites (tertiary alicyclic amines) is 1. The van der Waals surface area contributed by atoms with E-state index in [9.17, 15) is 9.59 Å². The summed E-state index contributed by atoms with van der Waals surface area (Å²) in [4.78, 5) is 25.2. The summed E-state index contributed by atoms with van der Waals surface area (Å²) in [7, 11) is 2.15. The fourth-order valence-corrected chi connectivity index (χ4v) is 3.34. The Morgan fingerprint density at radius 2 is 1.80 bits per heavy atom. The van der Waals surface area contributed by atoms with Crippen LogP contribution in [0.1, 0.15) is 38.5 Å². The third-order valence-corrected chi connectivity index (χ3v) is 4.84. The summed E-state index contributed by atoms with van der Waals surface area (Å²) in [6.07, 6.45) is 5.36. The molecule has 20 heavy (non-hydrogen) atoms. The Morgan fingerprint density at radius 3 is 2.40 bits per heavy atom. The number of hydrogen-bond donors (Lipinski definition) is 2. The highest BCUT2D eigenvalue weighted by molar-refractivity contribution is 5.80. The van der Waals surface area contributed by atoms with E-state index in [0.29, 0.717) is 12.8 Å². The van der Waals surface area contributed by atoms with Crippen LogP contribution in [0.3, 0.4) is 0 Å². The van der Waals surface area contributed by atoms with Gasteiger partial charge in [0.15, 0.2) is 0 Å². The maximum atomic E-state index is 12.0. The molecular formula is C15H26N2O3. The van der Waals surface area contributed by atoms with Crippen molar-refractivity contribution in [1.82, 2.24) is 10.2 Å². The standard InChI is InChI=1S/C15H26N2O3/c1-17-8-5-11(6-9-17)4-7-16-14(18)12-2-3-13(10-12)15(19)20/h11-13H,2-10H2,1H3,(H,16,18)(H,19,20). The van der Waals surface area contributed by atoms with Gasteiger partial charge in [0.25, 0.3) is 0 Å². The molecule has 2 unspecified atom stereocenters.